The summed E-state index contributed by atoms with van der Waals surface area (Å²) in [4.78, 5) is 19.5. The zero-order chi connectivity index (χ0) is 27.6. The van der Waals surface area contributed by atoms with Gasteiger partial charge in [0.25, 0.3) is 0 Å². The highest BCUT2D eigenvalue weighted by Gasteiger charge is 2.36. The third kappa shape index (κ3) is 5.93. The van der Waals surface area contributed by atoms with Gasteiger partial charge in [0.15, 0.2) is 9.84 Å². The van der Waals surface area contributed by atoms with Gasteiger partial charge in [0, 0.05) is 57.1 Å². The number of anilines is 3. The average molecular weight is 563 g/mol. The van der Waals surface area contributed by atoms with Gasteiger partial charge >= 0.3 is 6.18 Å². The van der Waals surface area contributed by atoms with E-state index in [9.17, 15) is 21.6 Å². The number of nitrogens with zero attached hydrogens (tertiary/aromatic N) is 6. The Morgan fingerprint density at radius 3 is 2.31 bits per heavy atom. The van der Waals surface area contributed by atoms with E-state index in [1.807, 2.05) is 15.9 Å². The van der Waals surface area contributed by atoms with Gasteiger partial charge in [0.05, 0.1) is 35.1 Å². The molecule has 1 aromatic carbocycles. The summed E-state index contributed by atoms with van der Waals surface area (Å²) in [5.74, 6) is 1.04. The number of morpholine rings is 1. The van der Waals surface area contributed by atoms with Gasteiger partial charge in [-0.05, 0) is 24.3 Å². The van der Waals surface area contributed by atoms with E-state index in [-0.39, 0.29) is 16.5 Å². The van der Waals surface area contributed by atoms with Crippen molar-refractivity contribution in [2.75, 3.05) is 72.9 Å². The molecule has 2 fully saturated rings. The average Bonchev–Trinajstić information content (AvgIpc) is 2.97. The maximum absolute atomic E-state index is 13.6. The maximum atomic E-state index is 13.6. The molecule has 39 heavy (non-hydrogen) atoms. The lowest BCUT2D eigenvalue weighted by Gasteiger charge is -2.37. The first kappa shape index (κ1) is 27.1. The number of pyridine rings is 1. The molecular weight excluding hydrogens is 533 g/mol. The molecule has 0 atom stereocenters. The number of rotatable bonds is 6. The molecule has 4 heterocycles. The van der Waals surface area contributed by atoms with Crippen LogP contribution in [-0.4, -0.2) is 81.6 Å². The van der Waals surface area contributed by atoms with Gasteiger partial charge in [0.2, 0.25) is 5.95 Å². The normalized spacial score (nSPS) is 17.0. The molecule has 0 aliphatic carbocycles. The minimum Gasteiger partial charge on any atom is -0.378 e. The molecule has 3 aromatic rings. The van der Waals surface area contributed by atoms with Crippen LogP contribution in [0.15, 0.2) is 53.6 Å². The zero-order valence-electron chi connectivity index (χ0n) is 21.4. The van der Waals surface area contributed by atoms with Crippen molar-refractivity contribution < 1.29 is 26.3 Å². The molecule has 9 nitrogen and oxygen atoms in total. The molecule has 2 aromatic heterocycles. The molecule has 0 bridgehead atoms. The van der Waals surface area contributed by atoms with Crippen molar-refractivity contribution in [3.63, 3.8) is 0 Å². The van der Waals surface area contributed by atoms with Crippen LogP contribution in [0.2, 0.25) is 0 Å². The van der Waals surface area contributed by atoms with E-state index in [1.54, 1.807) is 36.1 Å². The number of sulfone groups is 1. The van der Waals surface area contributed by atoms with Crippen LogP contribution in [0.25, 0.3) is 11.3 Å². The molecule has 0 N–H and O–H groups in total. The molecule has 0 saturated carbocycles. The van der Waals surface area contributed by atoms with Gasteiger partial charge in [-0.15, -0.1) is 0 Å². The highest BCUT2D eigenvalue weighted by molar-refractivity contribution is 7.91. The van der Waals surface area contributed by atoms with Crippen LogP contribution >= 0.6 is 0 Å². The van der Waals surface area contributed by atoms with Gasteiger partial charge in [-0.2, -0.15) is 18.2 Å². The molecule has 0 amide bonds. The van der Waals surface area contributed by atoms with Gasteiger partial charge in [0.1, 0.15) is 11.6 Å². The molecule has 2 aliphatic heterocycles. The molecule has 0 radical (unpaired) electrons. The van der Waals surface area contributed by atoms with Crippen molar-refractivity contribution in [3.8, 4) is 11.3 Å². The summed E-state index contributed by atoms with van der Waals surface area (Å²) in [5.41, 5.74) is 0.463. The van der Waals surface area contributed by atoms with E-state index in [0.29, 0.717) is 75.5 Å². The van der Waals surface area contributed by atoms with Crippen LogP contribution in [-0.2, 0) is 20.8 Å². The van der Waals surface area contributed by atoms with Crippen LogP contribution < -0.4 is 14.7 Å². The van der Waals surface area contributed by atoms with Gasteiger partial charge < -0.3 is 19.4 Å². The van der Waals surface area contributed by atoms with E-state index >= 15 is 0 Å². The van der Waals surface area contributed by atoms with Gasteiger partial charge in [-0.1, -0.05) is 19.1 Å². The Balaban J connectivity index is 1.45. The summed E-state index contributed by atoms with van der Waals surface area (Å²) >= 11 is 0. The fourth-order valence-electron chi connectivity index (χ4n) is 4.67. The Morgan fingerprint density at radius 1 is 0.897 bits per heavy atom. The number of alkyl halides is 3. The minimum atomic E-state index is -4.49. The first-order valence-corrected chi connectivity index (χ1v) is 14.4. The zero-order valence-corrected chi connectivity index (χ0v) is 22.2. The standard InChI is InChI=1S/C26H29F3N6O3S/c1-2-39(36,37)20-6-3-5-19(17-20)22-18-23(32-25(31-22)35-13-15-38-16-14-35)33-9-11-34(12-10-33)24-21(26(27,28)29)7-4-8-30-24/h3-8,17-18H,2,9-16H2,1H3. The summed E-state index contributed by atoms with van der Waals surface area (Å²) in [6.07, 6.45) is -3.12. The van der Waals surface area contributed by atoms with E-state index in [2.05, 4.69) is 4.98 Å². The lowest BCUT2D eigenvalue weighted by atomic mass is 10.1. The highest BCUT2D eigenvalue weighted by Crippen LogP contribution is 2.36. The smallest absolute Gasteiger partial charge is 0.378 e. The molecular formula is C26H29F3N6O3S. The van der Waals surface area contributed by atoms with Crippen molar-refractivity contribution in [2.45, 2.75) is 18.0 Å². The predicted molar refractivity (Wildman–Crippen MR) is 142 cm³/mol. The minimum absolute atomic E-state index is 0.0128. The fraction of sp³-hybridized carbons (Fsp3) is 0.423. The Morgan fingerprint density at radius 2 is 1.62 bits per heavy atom. The second kappa shape index (κ2) is 11.0. The van der Waals surface area contributed by atoms with Gasteiger partial charge in [-0.25, -0.2) is 18.4 Å². The second-order valence-corrected chi connectivity index (χ2v) is 11.6. The van der Waals surface area contributed by atoms with E-state index < -0.39 is 21.6 Å². The number of hydrogen-bond acceptors (Lipinski definition) is 9. The second-order valence-electron chi connectivity index (χ2n) is 9.29. The lowest BCUT2D eigenvalue weighted by molar-refractivity contribution is -0.137. The first-order chi connectivity index (χ1) is 18.7. The van der Waals surface area contributed by atoms with Gasteiger partial charge in [-0.3, -0.25) is 0 Å². The molecule has 13 heteroatoms. The summed E-state index contributed by atoms with van der Waals surface area (Å²) in [7, 11) is -3.41. The van der Waals surface area contributed by atoms with Crippen LogP contribution in [0.1, 0.15) is 12.5 Å². The molecule has 2 aliphatic rings. The summed E-state index contributed by atoms with van der Waals surface area (Å²) in [5, 5.41) is 0. The van der Waals surface area contributed by atoms with E-state index in [0.717, 1.165) is 6.07 Å². The van der Waals surface area contributed by atoms with Crippen LogP contribution in [0.4, 0.5) is 30.8 Å². The monoisotopic (exact) mass is 562 g/mol. The maximum Gasteiger partial charge on any atom is 0.419 e. The van der Waals surface area contributed by atoms with E-state index in [4.69, 9.17) is 14.7 Å². The Bertz CT molecular complexity index is 1420. The molecule has 0 unspecified atom stereocenters. The molecule has 2 saturated heterocycles. The summed E-state index contributed by atoms with van der Waals surface area (Å²) in [6.45, 7) is 5.42. The molecule has 5 rings (SSSR count). The van der Waals surface area contributed by atoms with Crippen LogP contribution in [0.5, 0.6) is 0 Å². The topological polar surface area (TPSA) is 91.8 Å². The van der Waals surface area contributed by atoms with E-state index in [1.165, 1.54) is 12.3 Å². The molecule has 0 spiro atoms. The number of halogens is 3. The molecule has 208 valence electrons. The van der Waals surface area contributed by atoms with Crippen molar-refractivity contribution in [2.24, 2.45) is 0 Å². The SMILES string of the molecule is CCS(=O)(=O)c1cccc(-c2cc(N3CCN(c4ncccc4C(F)(F)F)CC3)nc(N3CCOCC3)n2)c1. The van der Waals surface area contributed by atoms with Crippen molar-refractivity contribution in [3.05, 3.63) is 54.2 Å². The third-order valence-electron chi connectivity index (χ3n) is 6.86. The lowest BCUT2D eigenvalue weighted by Crippen LogP contribution is -2.48. The number of aromatic nitrogens is 3. The highest BCUT2D eigenvalue weighted by atomic mass is 32.2. The largest absolute Gasteiger partial charge is 0.419 e. The van der Waals surface area contributed by atoms with Crippen LogP contribution in [0, 0.1) is 0 Å². The number of hydrogen-bond donors (Lipinski definition) is 0. The number of piperazine rings is 1. The van der Waals surface area contributed by atoms with Crippen molar-refractivity contribution in [1.29, 1.82) is 0 Å². The van der Waals surface area contributed by atoms with Crippen molar-refractivity contribution >= 4 is 27.4 Å². The number of benzene rings is 1. The van der Waals surface area contributed by atoms with Crippen molar-refractivity contribution in [1.82, 2.24) is 15.0 Å². The third-order valence-corrected chi connectivity index (χ3v) is 8.59. The fourth-order valence-corrected chi connectivity index (χ4v) is 5.60. The summed E-state index contributed by atoms with van der Waals surface area (Å²) in [6, 6.07) is 10.8. The Hall–Kier alpha value is -3.45. The number of ether oxygens (including phenoxy) is 1. The summed E-state index contributed by atoms with van der Waals surface area (Å²) < 4.78 is 71.1. The quantitative estimate of drug-likeness (QED) is 0.448. The Kier molecular flexibility index (Phi) is 7.63. The predicted octanol–water partition coefficient (Wildman–Crippen LogP) is 3.51. The van der Waals surface area contributed by atoms with Crippen LogP contribution in [0.3, 0.4) is 0 Å². The first-order valence-electron chi connectivity index (χ1n) is 12.7. The Labute approximate surface area is 225 Å².